The van der Waals surface area contributed by atoms with E-state index in [0.29, 0.717) is 12.1 Å². The average molecular weight is 369 g/mol. The molecule has 0 aromatic heterocycles. The monoisotopic (exact) mass is 368 g/mol. The van der Waals surface area contributed by atoms with E-state index in [9.17, 15) is 0 Å². The highest BCUT2D eigenvalue weighted by Gasteiger charge is 2.08. The van der Waals surface area contributed by atoms with Crippen LogP contribution in [0, 0.1) is 0 Å². The van der Waals surface area contributed by atoms with Gasteiger partial charge in [0.2, 0.25) is 0 Å². The molecule has 0 spiro atoms. The lowest BCUT2D eigenvalue weighted by molar-refractivity contribution is 0.512. The molecule has 0 amide bonds. The predicted octanol–water partition coefficient (Wildman–Crippen LogP) is 5.99. The molecule has 4 rings (SSSR count). The quantitative estimate of drug-likeness (QED) is 0.391. The Kier molecular flexibility index (Phi) is 5.70. The summed E-state index contributed by atoms with van der Waals surface area (Å²) in [7, 11) is 0. The molecule has 2 heteroatoms. The van der Waals surface area contributed by atoms with Crippen LogP contribution in [0.1, 0.15) is 37.1 Å². The van der Waals surface area contributed by atoms with Crippen LogP contribution in [-0.4, -0.2) is 13.1 Å². The van der Waals surface area contributed by atoms with Gasteiger partial charge >= 0.3 is 0 Å². The smallest absolute Gasteiger partial charge is 0.0292 e. The standard InChI is InChI=1S/C26H28N2/c1-19(23-13-11-21-7-3-5-9-25(21)17-23)27-15-16-28-20(2)24-14-12-22-8-4-6-10-26(22)18-24/h3-14,17-20,27-28H,15-16H2,1-2H3. The van der Waals surface area contributed by atoms with Crippen molar-refractivity contribution in [1.29, 1.82) is 0 Å². The summed E-state index contributed by atoms with van der Waals surface area (Å²) in [6.07, 6.45) is 0. The number of rotatable bonds is 7. The second-order valence-electron chi connectivity index (χ2n) is 7.56. The first kappa shape index (κ1) is 18.7. The van der Waals surface area contributed by atoms with E-state index in [1.807, 2.05) is 0 Å². The van der Waals surface area contributed by atoms with Gasteiger partial charge in [0.15, 0.2) is 0 Å². The second kappa shape index (κ2) is 8.55. The van der Waals surface area contributed by atoms with Crippen molar-refractivity contribution in [2.45, 2.75) is 25.9 Å². The van der Waals surface area contributed by atoms with Gasteiger partial charge in [0.1, 0.15) is 0 Å². The van der Waals surface area contributed by atoms with E-state index in [1.165, 1.54) is 32.7 Å². The van der Waals surface area contributed by atoms with Crippen molar-refractivity contribution in [3.8, 4) is 0 Å². The van der Waals surface area contributed by atoms with Gasteiger partial charge in [0.05, 0.1) is 0 Å². The molecule has 0 bridgehead atoms. The predicted molar refractivity (Wildman–Crippen MR) is 121 cm³/mol. The molecule has 0 fully saturated rings. The summed E-state index contributed by atoms with van der Waals surface area (Å²) < 4.78 is 0. The van der Waals surface area contributed by atoms with E-state index in [-0.39, 0.29) is 0 Å². The van der Waals surface area contributed by atoms with Gasteiger partial charge in [-0.2, -0.15) is 0 Å². The topological polar surface area (TPSA) is 24.1 Å². The molecular weight excluding hydrogens is 340 g/mol. The minimum Gasteiger partial charge on any atom is -0.309 e. The highest BCUT2D eigenvalue weighted by Crippen LogP contribution is 2.21. The lowest BCUT2D eigenvalue weighted by Gasteiger charge is -2.18. The van der Waals surface area contributed by atoms with Crippen LogP contribution in [0.4, 0.5) is 0 Å². The van der Waals surface area contributed by atoms with Crippen LogP contribution in [0.25, 0.3) is 21.5 Å². The molecule has 0 radical (unpaired) electrons. The largest absolute Gasteiger partial charge is 0.309 e. The molecule has 2 nitrogen and oxygen atoms in total. The van der Waals surface area contributed by atoms with E-state index in [0.717, 1.165) is 13.1 Å². The summed E-state index contributed by atoms with van der Waals surface area (Å²) in [6.45, 7) is 6.34. The lowest BCUT2D eigenvalue weighted by Crippen LogP contribution is -2.30. The second-order valence-corrected chi connectivity index (χ2v) is 7.56. The lowest BCUT2D eigenvalue weighted by atomic mass is 10.0. The molecule has 0 saturated heterocycles. The summed E-state index contributed by atoms with van der Waals surface area (Å²) in [5, 5.41) is 12.5. The SMILES string of the molecule is CC(NCCNC(C)c1ccc2ccccc2c1)c1ccc2ccccc2c1. The zero-order valence-electron chi connectivity index (χ0n) is 16.7. The van der Waals surface area contributed by atoms with Gasteiger partial charge in [-0.3, -0.25) is 0 Å². The maximum atomic E-state index is 3.64. The maximum Gasteiger partial charge on any atom is 0.0292 e. The van der Waals surface area contributed by atoms with Crippen molar-refractivity contribution in [3.05, 3.63) is 96.1 Å². The van der Waals surface area contributed by atoms with Crippen molar-refractivity contribution < 1.29 is 0 Å². The van der Waals surface area contributed by atoms with Crippen LogP contribution >= 0.6 is 0 Å². The number of hydrogen-bond acceptors (Lipinski definition) is 2. The minimum absolute atomic E-state index is 0.336. The molecule has 4 aromatic rings. The van der Waals surface area contributed by atoms with Gasteiger partial charge in [-0.15, -0.1) is 0 Å². The normalized spacial score (nSPS) is 13.6. The fourth-order valence-corrected chi connectivity index (χ4v) is 3.77. The molecular formula is C26H28N2. The third-order valence-electron chi connectivity index (χ3n) is 5.57. The number of fused-ring (bicyclic) bond motifs is 2. The Morgan fingerprint density at radius 3 is 1.36 bits per heavy atom. The van der Waals surface area contributed by atoms with Crippen molar-refractivity contribution >= 4 is 21.5 Å². The van der Waals surface area contributed by atoms with Gasteiger partial charge in [-0.1, -0.05) is 72.8 Å². The zero-order chi connectivity index (χ0) is 19.3. The molecule has 28 heavy (non-hydrogen) atoms. The van der Waals surface area contributed by atoms with Crippen molar-refractivity contribution in [2.75, 3.05) is 13.1 Å². The average Bonchev–Trinajstić information content (AvgIpc) is 2.75. The van der Waals surface area contributed by atoms with Crippen LogP contribution in [-0.2, 0) is 0 Å². The van der Waals surface area contributed by atoms with Crippen LogP contribution in [0.3, 0.4) is 0 Å². The van der Waals surface area contributed by atoms with Gasteiger partial charge in [0.25, 0.3) is 0 Å². The fourth-order valence-electron chi connectivity index (χ4n) is 3.77. The first-order valence-electron chi connectivity index (χ1n) is 10.1. The van der Waals surface area contributed by atoms with Crippen LogP contribution in [0.15, 0.2) is 84.9 Å². The van der Waals surface area contributed by atoms with E-state index < -0.39 is 0 Å². The maximum absolute atomic E-state index is 3.64. The van der Waals surface area contributed by atoms with Crippen molar-refractivity contribution in [2.24, 2.45) is 0 Å². The molecule has 0 aliphatic rings. The third-order valence-corrected chi connectivity index (χ3v) is 5.57. The third kappa shape index (κ3) is 4.24. The number of benzene rings is 4. The molecule has 4 aromatic carbocycles. The first-order chi connectivity index (χ1) is 13.7. The van der Waals surface area contributed by atoms with Crippen LogP contribution in [0.2, 0.25) is 0 Å². The fraction of sp³-hybridized carbons (Fsp3) is 0.231. The van der Waals surface area contributed by atoms with Crippen LogP contribution in [0.5, 0.6) is 0 Å². The molecule has 0 aliphatic carbocycles. The van der Waals surface area contributed by atoms with E-state index in [4.69, 9.17) is 0 Å². The van der Waals surface area contributed by atoms with Gasteiger partial charge < -0.3 is 10.6 Å². The molecule has 0 heterocycles. The number of nitrogens with one attached hydrogen (secondary N) is 2. The zero-order valence-corrected chi connectivity index (χ0v) is 16.7. The molecule has 2 atom stereocenters. The molecule has 0 saturated carbocycles. The van der Waals surface area contributed by atoms with Crippen LogP contribution < -0.4 is 10.6 Å². The summed E-state index contributed by atoms with van der Waals surface area (Å²) in [5.41, 5.74) is 2.67. The van der Waals surface area contributed by atoms with Gasteiger partial charge in [-0.05, 0) is 58.7 Å². The van der Waals surface area contributed by atoms with E-state index in [2.05, 4.69) is 109 Å². The summed E-state index contributed by atoms with van der Waals surface area (Å²) in [6, 6.07) is 31.2. The Labute approximate surface area is 167 Å². The van der Waals surface area contributed by atoms with E-state index in [1.54, 1.807) is 0 Å². The van der Waals surface area contributed by atoms with Gasteiger partial charge in [-0.25, -0.2) is 0 Å². The Morgan fingerprint density at radius 2 is 0.929 bits per heavy atom. The van der Waals surface area contributed by atoms with Crippen molar-refractivity contribution in [3.63, 3.8) is 0 Å². The molecule has 2 N–H and O–H groups in total. The molecule has 142 valence electrons. The minimum atomic E-state index is 0.336. The highest BCUT2D eigenvalue weighted by molar-refractivity contribution is 5.83. The highest BCUT2D eigenvalue weighted by atomic mass is 15.0. The van der Waals surface area contributed by atoms with E-state index >= 15 is 0 Å². The Balaban J connectivity index is 1.30. The summed E-state index contributed by atoms with van der Waals surface area (Å²) in [4.78, 5) is 0. The molecule has 0 aliphatic heterocycles. The first-order valence-corrected chi connectivity index (χ1v) is 10.1. The Bertz CT molecular complexity index is 983. The van der Waals surface area contributed by atoms with Crippen molar-refractivity contribution in [1.82, 2.24) is 10.6 Å². The molecule has 2 unspecified atom stereocenters. The Hall–Kier alpha value is -2.68. The Morgan fingerprint density at radius 1 is 0.536 bits per heavy atom. The van der Waals surface area contributed by atoms with Gasteiger partial charge in [0, 0.05) is 25.2 Å². The summed E-state index contributed by atoms with van der Waals surface area (Å²) >= 11 is 0. The summed E-state index contributed by atoms with van der Waals surface area (Å²) in [5.74, 6) is 0. The number of hydrogen-bond donors (Lipinski definition) is 2.